The van der Waals surface area contributed by atoms with E-state index in [1.165, 1.54) is 0 Å². The van der Waals surface area contributed by atoms with E-state index >= 15 is 0 Å². The molecule has 0 fully saturated rings. The molecule has 0 atom stereocenters. The normalized spacial score (nSPS) is 10.8. The predicted molar refractivity (Wildman–Crippen MR) is 61.3 cm³/mol. The Morgan fingerprint density at radius 3 is 2.93 bits per heavy atom. The summed E-state index contributed by atoms with van der Waals surface area (Å²) >= 11 is 0. The lowest BCUT2D eigenvalue weighted by atomic mass is 10.1. The van der Waals surface area contributed by atoms with Crippen molar-refractivity contribution < 1.29 is 9.84 Å². The molecule has 0 radical (unpaired) electrons. The van der Waals surface area contributed by atoms with Gasteiger partial charge in [0.05, 0.1) is 6.61 Å². The van der Waals surface area contributed by atoms with Crippen molar-refractivity contribution in [3.63, 3.8) is 0 Å². The van der Waals surface area contributed by atoms with Crippen LogP contribution in [0.4, 0.5) is 0 Å². The van der Waals surface area contributed by atoms with Crippen LogP contribution in [-0.2, 0) is 11.3 Å². The van der Waals surface area contributed by atoms with E-state index in [-0.39, 0.29) is 5.88 Å². The Labute approximate surface area is 89.7 Å². The molecule has 0 spiro atoms. The zero-order valence-electron chi connectivity index (χ0n) is 9.03. The van der Waals surface area contributed by atoms with Crippen molar-refractivity contribution in [1.82, 2.24) is 0 Å². The Morgan fingerprint density at radius 2 is 2.33 bits per heavy atom. The molecule has 1 rings (SSSR count). The first-order valence-electron chi connectivity index (χ1n) is 4.64. The van der Waals surface area contributed by atoms with Gasteiger partial charge in [-0.2, -0.15) is 0 Å². The van der Waals surface area contributed by atoms with Gasteiger partial charge in [-0.1, -0.05) is 23.8 Å². The summed E-state index contributed by atoms with van der Waals surface area (Å²) in [4.78, 5) is 3.76. The zero-order chi connectivity index (χ0) is 11.3. The van der Waals surface area contributed by atoms with Crippen molar-refractivity contribution >= 4 is 6.21 Å². The molecule has 0 heterocycles. The number of methoxy groups -OCH3 is 1. The molecule has 0 unspecified atom stereocenters. The summed E-state index contributed by atoms with van der Waals surface area (Å²) in [5.74, 6) is -0.195. The number of benzene rings is 1. The van der Waals surface area contributed by atoms with Crippen LogP contribution in [0.2, 0.25) is 0 Å². The standard InChI is InChI=1S/C12H15NO2/c1-9-4-5-11(8-15-3)12(6-9)7-13-10(2)14/h4-7,14H,2,8H2,1,3H3/b13-7-. The number of hydrogen-bond acceptors (Lipinski definition) is 3. The molecule has 0 saturated carbocycles. The van der Waals surface area contributed by atoms with Gasteiger partial charge in [0.2, 0.25) is 5.88 Å². The van der Waals surface area contributed by atoms with Crippen LogP contribution in [-0.4, -0.2) is 18.4 Å². The fourth-order valence-electron chi connectivity index (χ4n) is 1.27. The van der Waals surface area contributed by atoms with E-state index in [1.807, 2.05) is 25.1 Å². The van der Waals surface area contributed by atoms with Gasteiger partial charge >= 0.3 is 0 Å². The van der Waals surface area contributed by atoms with Gasteiger partial charge in [-0.3, -0.25) is 0 Å². The van der Waals surface area contributed by atoms with Crippen LogP contribution in [0.15, 0.2) is 35.7 Å². The van der Waals surface area contributed by atoms with Crippen LogP contribution in [0.5, 0.6) is 0 Å². The maximum atomic E-state index is 8.88. The SMILES string of the molecule is C=C(O)/N=C\c1cc(C)ccc1COC. The minimum Gasteiger partial charge on any atom is -0.494 e. The molecule has 3 heteroatoms. The van der Waals surface area contributed by atoms with E-state index in [0.29, 0.717) is 6.61 Å². The van der Waals surface area contributed by atoms with Gasteiger partial charge in [0.25, 0.3) is 0 Å². The second-order valence-corrected chi connectivity index (χ2v) is 3.31. The lowest BCUT2D eigenvalue weighted by molar-refractivity contribution is 0.185. The summed E-state index contributed by atoms with van der Waals surface area (Å²) in [6.07, 6.45) is 1.59. The molecule has 0 saturated heterocycles. The average molecular weight is 205 g/mol. The fourth-order valence-corrected chi connectivity index (χ4v) is 1.27. The minimum atomic E-state index is -0.195. The summed E-state index contributed by atoms with van der Waals surface area (Å²) < 4.78 is 5.07. The monoisotopic (exact) mass is 205 g/mol. The summed E-state index contributed by atoms with van der Waals surface area (Å²) in [5, 5.41) is 8.88. The molecule has 80 valence electrons. The van der Waals surface area contributed by atoms with E-state index in [2.05, 4.69) is 11.6 Å². The van der Waals surface area contributed by atoms with Crippen molar-refractivity contribution in [1.29, 1.82) is 0 Å². The topological polar surface area (TPSA) is 41.8 Å². The first-order valence-corrected chi connectivity index (χ1v) is 4.64. The molecule has 1 N–H and O–H groups in total. The van der Waals surface area contributed by atoms with Crippen molar-refractivity contribution in [2.24, 2.45) is 4.99 Å². The molecule has 0 aliphatic rings. The Bertz CT molecular complexity index is 383. The molecule has 0 bridgehead atoms. The third-order valence-electron chi connectivity index (χ3n) is 1.95. The predicted octanol–water partition coefficient (Wildman–Crippen LogP) is 2.59. The molecular formula is C12H15NO2. The van der Waals surface area contributed by atoms with Crippen LogP contribution >= 0.6 is 0 Å². The van der Waals surface area contributed by atoms with Crippen molar-refractivity contribution in [3.8, 4) is 0 Å². The highest BCUT2D eigenvalue weighted by Crippen LogP contribution is 2.11. The summed E-state index contributed by atoms with van der Waals surface area (Å²) in [7, 11) is 1.64. The number of aryl methyl sites for hydroxylation is 1. The second kappa shape index (κ2) is 5.32. The maximum absolute atomic E-state index is 8.88. The number of aliphatic imine (C=N–C) groups is 1. The van der Waals surface area contributed by atoms with Crippen LogP contribution in [0.25, 0.3) is 0 Å². The van der Waals surface area contributed by atoms with Gasteiger partial charge in [-0.25, -0.2) is 4.99 Å². The number of hydrogen-bond donors (Lipinski definition) is 1. The largest absolute Gasteiger partial charge is 0.494 e. The average Bonchev–Trinajstić information content (AvgIpc) is 2.18. The third-order valence-corrected chi connectivity index (χ3v) is 1.95. The van der Waals surface area contributed by atoms with E-state index in [0.717, 1.165) is 16.7 Å². The summed E-state index contributed by atoms with van der Waals surface area (Å²) in [6, 6.07) is 5.99. The molecule has 0 aliphatic carbocycles. The summed E-state index contributed by atoms with van der Waals surface area (Å²) in [6.45, 7) is 5.82. The Kier molecular flexibility index (Phi) is 4.06. The van der Waals surface area contributed by atoms with E-state index < -0.39 is 0 Å². The molecule has 0 aromatic heterocycles. The Balaban J connectivity index is 3.01. The van der Waals surface area contributed by atoms with Gasteiger partial charge in [-0.05, 0) is 24.6 Å². The molecule has 1 aromatic rings. The highest BCUT2D eigenvalue weighted by Gasteiger charge is 2.00. The number of nitrogens with zero attached hydrogens (tertiary/aromatic N) is 1. The summed E-state index contributed by atoms with van der Waals surface area (Å²) in [5.41, 5.74) is 3.11. The zero-order valence-corrected chi connectivity index (χ0v) is 9.03. The van der Waals surface area contributed by atoms with Crippen LogP contribution in [0.3, 0.4) is 0 Å². The van der Waals surface area contributed by atoms with Gasteiger partial charge in [0, 0.05) is 13.3 Å². The first-order chi connectivity index (χ1) is 7.13. The Hall–Kier alpha value is -1.61. The fraction of sp³-hybridized carbons (Fsp3) is 0.250. The third kappa shape index (κ3) is 3.56. The molecular weight excluding hydrogens is 190 g/mol. The molecule has 15 heavy (non-hydrogen) atoms. The van der Waals surface area contributed by atoms with E-state index in [1.54, 1.807) is 13.3 Å². The second-order valence-electron chi connectivity index (χ2n) is 3.31. The number of aliphatic hydroxyl groups excluding tert-OH is 1. The van der Waals surface area contributed by atoms with Gasteiger partial charge in [-0.15, -0.1) is 0 Å². The highest BCUT2D eigenvalue weighted by atomic mass is 16.5. The van der Waals surface area contributed by atoms with Gasteiger partial charge in [0.1, 0.15) is 0 Å². The maximum Gasteiger partial charge on any atom is 0.203 e. The van der Waals surface area contributed by atoms with Crippen molar-refractivity contribution in [2.75, 3.05) is 7.11 Å². The van der Waals surface area contributed by atoms with Crippen LogP contribution < -0.4 is 0 Å². The number of rotatable bonds is 4. The van der Waals surface area contributed by atoms with Crippen molar-refractivity contribution in [2.45, 2.75) is 13.5 Å². The lowest BCUT2D eigenvalue weighted by Crippen LogP contribution is -1.96. The molecule has 1 aromatic carbocycles. The van der Waals surface area contributed by atoms with Gasteiger partial charge < -0.3 is 9.84 Å². The lowest BCUT2D eigenvalue weighted by Gasteiger charge is -2.05. The highest BCUT2D eigenvalue weighted by molar-refractivity contribution is 5.82. The van der Waals surface area contributed by atoms with Gasteiger partial charge in [0.15, 0.2) is 0 Å². The van der Waals surface area contributed by atoms with Crippen LogP contribution in [0.1, 0.15) is 16.7 Å². The van der Waals surface area contributed by atoms with E-state index in [4.69, 9.17) is 9.84 Å². The van der Waals surface area contributed by atoms with E-state index in [9.17, 15) is 0 Å². The first kappa shape index (κ1) is 11.5. The Morgan fingerprint density at radius 1 is 1.60 bits per heavy atom. The molecule has 3 nitrogen and oxygen atoms in total. The van der Waals surface area contributed by atoms with Crippen molar-refractivity contribution in [3.05, 3.63) is 47.4 Å². The number of ether oxygens (including phenoxy) is 1. The minimum absolute atomic E-state index is 0.195. The molecule has 0 aliphatic heterocycles. The molecule has 0 amide bonds. The van der Waals surface area contributed by atoms with Crippen LogP contribution in [0, 0.1) is 6.92 Å². The quantitative estimate of drug-likeness (QED) is 0.606. The smallest absolute Gasteiger partial charge is 0.203 e. The number of aliphatic hydroxyl groups is 1.